The summed E-state index contributed by atoms with van der Waals surface area (Å²) < 4.78 is 6.04. The molecule has 0 unspecified atom stereocenters. The lowest BCUT2D eigenvalue weighted by Gasteiger charge is -2.08. The standard InChI is InChI=1S/C32H44N2O/c1-3-5-7-9-10-11-12-14-16-28-25-33-32(34-26-28)29-19-23-31(24-20-29)35-30-21-17-27(18-22-30)15-13-8-6-4-2/h17-26H,3-16H2,1-2H3. The lowest BCUT2D eigenvalue weighted by molar-refractivity contribution is 0.482. The highest BCUT2D eigenvalue weighted by molar-refractivity contribution is 5.56. The highest BCUT2D eigenvalue weighted by atomic mass is 16.5. The molecule has 0 fully saturated rings. The molecule has 0 bridgehead atoms. The zero-order chi connectivity index (χ0) is 24.6. The van der Waals surface area contributed by atoms with E-state index in [0.29, 0.717) is 0 Å². The molecule has 3 rings (SSSR count). The normalized spacial score (nSPS) is 11.0. The van der Waals surface area contributed by atoms with Crippen LogP contribution in [-0.2, 0) is 12.8 Å². The molecule has 0 N–H and O–H groups in total. The minimum Gasteiger partial charge on any atom is -0.457 e. The number of rotatable bonds is 17. The van der Waals surface area contributed by atoms with Crippen LogP contribution >= 0.6 is 0 Å². The maximum atomic E-state index is 6.04. The molecule has 0 aliphatic rings. The van der Waals surface area contributed by atoms with Gasteiger partial charge in [0.2, 0.25) is 0 Å². The van der Waals surface area contributed by atoms with Crippen LogP contribution in [0.25, 0.3) is 11.4 Å². The van der Waals surface area contributed by atoms with Crippen molar-refractivity contribution in [3.05, 3.63) is 72.1 Å². The molecule has 188 valence electrons. The Morgan fingerprint density at radius 3 is 1.54 bits per heavy atom. The number of aromatic nitrogens is 2. The number of aryl methyl sites for hydroxylation is 2. The Morgan fingerprint density at radius 1 is 0.514 bits per heavy atom. The third-order valence-electron chi connectivity index (χ3n) is 6.61. The predicted molar refractivity (Wildman–Crippen MR) is 148 cm³/mol. The van der Waals surface area contributed by atoms with Gasteiger partial charge in [-0.2, -0.15) is 0 Å². The average Bonchev–Trinajstić information content (AvgIpc) is 2.90. The van der Waals surface area contributed by atoms with Gasteiger partial charge in [0.1, 0.15) is 11.5 Å². The van der Waals surface area contributed by atoms with Gasteiger partial charge >= 0.3 is 0 Å². The van der Waals surface area contributed by atoms with Crippen molar-refractivity contribution in [2.24, 2.45) is 0 Å². The molecule has 0 saturated heterocycles. The number of unbranched alkanes of at least 4 members (excludes halogenated alkanes) is 10. The third kappa shape index (κ3) is 10.2. The number of ether oxygens (including phenoxy) is 1. The fraction of sp³-hybridized carbons (Fsp3) is 0.500. The fourth-order valence-electron chi connectivity index (χ4n) is 4.38. The van der Waals surface area contributed by atoms with Gasteiger partial charge in [0.05, 0.1) is 0 Å². The molecule has 0 radical (unpaired) electrons. The molecular formula is C32H44N2O. The van der Waals surface area contributed by atoms with E-state index in [-0.39, 0.29) is 0 Å². The molecule has 0 aliphatic carbocycles. The van der Waals surface area contributed by atoms with Gasteiger partial charge in [-0.05, 0) is 73.2 Å². The zero-order valence-corrected chi connectivity index (χ0v) is 22.0. The first-order valence-corrected chi connectivity index (χ1v) is 14.0. The molecule has 1 aromatic heterocycles. The van der Waals surface area contributed by atoms with Gasteiger partial charge in [-0.1, -0.05) is 90.2 Å². The van der Waals surface area contributed by atoms with E-state index >= 15 is 0 Å². The Labute approximate surface area is 213 Å². The van der Waals surface area contributed by atoms with Crippen LogP contribution in [0.1, 0.15) is 102 Å². The first kappa shape index (κ1) is 26.9. The van der Waals surface area contributed by atoms with Crippen molar-refractivity contribution in [3.8, 4) is 22.9 Å². The van der Waals surface area contributed by atoms with Crippen molar-refractivity contribution in [1.82, 2.24) is 9.97 Å². The molecule has 0 amide bonds. The van der Waals surface area contributed by atoms with Crippen molar-refractivity contribution in [1.29, 1.82) is 0 Å². The average molecular weight is 473 g/mol. The van der Waals surface area contributed by atoms with Crippen LogP contribution in [-0.4, -0.2) is 9.97 Å². The van der Waals surface area contributed by atoms with E-state index in [1.165, 1.54) is 88.2 Å². The number of hydrogen-bond donors (Lipinski definition) is 0. The fourth-order valence-corrected chi connectivity index (χ4v) is 4.38. The van der Waals surface area contributed by atoms with Gasteiger partial charge in [-0.25, -0.2) is 9.97 Å². The van der Waals surface area contributed by atoms with Gasteiger partial charge in [-0.3, -0.25) is 0 Å². The summed E-state index contributed by atoms with van der Waals surface area (Å²) in [5.74, 6) is 2.47. The van der Waals surface area contributed by atoms with Crippen molar-refractivity contribution in [2.75, 3.05) is 0 Å². The van der Waals surface area contributed by atoms with Crippen LogP contribution in [0.2, 0.25) is 0 Å². The highest BCUT2D eigenvalue weighted by Gasteiger charge is 2.04. The summed E-state index contributed by atoms with van der Waals surface area (Å²) in [4.78, 5) is 9.21. The molecule has 3 aromatic rings. The summed E-state index contributed by atoms with van der Waals surface area (Å²) in [6.45, 7) is 4.52. The van der Waals surface area contributed by atoms with E-state index in [0.717, 1.165) is 35.7 Å². The third-order valence-corrected chi connectivity index (χ3v) is 6.61. The van der Waals surface area contributed by atoms with E-state index in [9.17, 15) is 0 Å². The second kappa shape index (κ2) is 16.1. The second-order valence-corrected chi connectivity index (χ2v) is 9.72. The highest BCUT2D eigenvalue weighted by Crippen LogP contribution is 2.25. The first-order chi connectivity index (χ1) is 17.3. The first-order valence-electron chi connectivity index (χ1n) is 14.0. The number of nitrogens with zero attached hydrogens (tertiary/aromatic N) is 2. The Kier molecular flexibility index (Phi) is 12.4. The molecular weight excluding hydrogens is 428 g/mol. The summed E-state index contributed by atoms with van der Waals surface area (Å²) in [6, 6.07) is 16.5. The molecule has 0 aliphatic heterocycles. The van der Waals surface area contributed by atoms with E-state index in [1.807, 2.05) is 36.7 Å². The van der Waals surface area contributed by atoms with Crippen molar-refractivity contribution in [2.45, 2.75) is 104 Å². The van der Waals surface area contributed by atoms with E-state index in [1.54, 1.807) is 0 Å². The Morgan fingerprint density at radius 2 is 0.971 bits per heavy atom. The van der Waals surface area contributed by atoms with Crippen LogP contribution in [0, 0.1) is 0 Å². The van der Waals surface area contributed by atoms with Gasteiger partial charge in [0, 0.05) is 18.0 Å². The lowest BCUT2D eigenvalue weighted by atomic mass is 10.1. The van der Waals surface area contributed by atoms with E-state index in [2.05, 4.69) is 48.1 Å². The summed E-state index contributed by atoms with van der Waals surface area (Å²) in [7, 11) is 0. The van der Waals surface area contributed by atoms with Crippen LogP contribution < -0.4 is 4.74 Å². The zero-order valence-electron chi connectivity index (χ0n) is 22.0. The summed E-state index contributed by atoms with van der Waals surface area (Å²) >= 11 is 0. The second-order valence-electron chi connectivity index (χ2n) is 9.72. The molecule has 3 heteroatoms. The molecule has 3 nitrogen and oxygen atoms in total. The number of hydrogen-bond acceptors (Lipinski definition) is 3. The quantitative estimate of drug-likeness (QED) is 0.183. The summed E-state index contributed by atoms with van der Waals surface area (Å²) in [6.07, 6.45) is 22.1. The van der Waals surface area contributed by atoms with Gasteiger partial charge in [0.25, 0.3) is 0 Å². The smallest absolute Gasteiger partial charge is 0.159 e. The van der Waals surface area contributed by atoms with E-state index < -0.39 is 0 Å². The molecule has 2 aromatic carbocycles. The number of benzene rings is 2. The summed E-state index contributed by atoms with van der Waals surface area (Å²) in [5.41, 5.74) is 3.62. The maximum Gasteiger partial charge on any atom is 0.159 e. The molecule has 35 heavy (non-hydrogen) atoms. The minimum atomic E-state index is 0.767. The largest absolute Gasteiger partial charge is 0.457 e. The van der Waals surface area contributed by atoms with Crippen LogP contribution in [0.5, 0.6) is 11.5 Å². The van der Waals surface area contributed by atoms with Gasteiger partial charge < -0.3 is 4.74 Å². The minimum absolute atomic E-state index is 0.767. The monoisotopic (exact) mass is 472 g/mol. The molecule has 0 saturated carbocycles. The van der Waals surface area contributed by atoms with E-state index in [4.69, 9.17) is 4.74 Å². The summed E-state index contributed by atoms with van der Waals surface area (Å²) in [5, 5.41) is 0. The lowest BCUT2D eigenvalue weighted by Crippen LogP contribution is -1.93. The Bertz CT molecular complexity index is 933. The topological polar surface area (TPSA) is 35.0 Å². The van der Waals surface area contributed by atoms with Crippen LogP contribution in [0.15, 0.2) is 60.9 Å². The van der Waals surface area contributed by atoms with Crippen molar-refractivity contribution < 1.29 is 4.74 Å². The SMILES string of the molecule is CCCCCCCCCCc1cnc(-c2ccc(Oc3ccc(CCCCCC)cc3)cc2)nc1. The van der Waals surface area contributed by atoms with Crippen LogP contribution in [0.4, 0.5) is 0 Å². The van der Waals surface area contributed by atoms with Gasteiger partial charge in [0.15, 0.2) is 5.82 Å². The van der Waals surface area contributed by atoms with Crippen LogP contribution in [0.3, 0.4) is 0 Å². The van der Waals surface area contributed by atoms with Gasteiger partial charge in [-0.15, -0.1) is 0 Å². The molecule has 1 heterocycles. The molecule has 0 atom stereocenters. The maximum absolute atomic E-state index is 6.04. The van der Waals surface area contributed by atoms with Crippen molar-refractivity contribution >= 4 is 0 Å². The van der Waals surface area contributed by atoms with Crippen molar-refractivity contribution in [3.63, 3.8) is 0 Å². The Hall–Kier alpha value is -2.68. The predicted octanol–water partition coefficient (Wildman–Crippen LogP) is 9.74. The molecule has 0 spiro atoms. The Balaban J connectivity index is 1.40.